The number of aryl methyl sites for hydroxylation is 1. The van der Waals surface area contributed by atoms with Crippen LogP contribution in [0.15, 0.2) is 24.5 Å². The van der Waals surface area contributed by atoms with Gasteiger partial charge in [-0.05, 0) is 45.5 Å². The molecular formula is C15H22N4. The summed E-state index contributed by atoms with van der Waals surface area (Å²) in [5.74, 6) is 0. The van der Waals surface area contributed by atoms with E-state index < -0.39 is 0 Å². The topological polar surface area (TPSA) is 23.8 Å². The van der Waals surface area contributed by atoms with Crippen LogP contribution < -0.4 is 4.90 Å². The monoisotopic (exact) mass is 258 g/mol. The van der Waals surface area contributed by atoms with Crippen molar-refractivity contribution in [2.75, 3.05) is 31.6 Å². The maximum Gasteiger partial charge on any atom is 0.0692 e. The number of piperazine rings is 1. The number of rotatable bonds is 1. The van der Waals surface area contributed by atoms with E-state index in [4.69, 9.17) is 0 Å². The van der Waals surface area contributed by atoms with Crippen LogP contribution in [0.3, 0.4) is 0 Å². The van der Waals surface area contributed by atoms with Crippen molar-refractivity contribution in [1.82, 2.24) is 14.5 Å². The lowest BCUT2D eigenvalue weighted by atomic mass is 9.99. The molecule has 102 valence electrons. The van der Waals surface area contributed by atoms with Crippen LogP contribution in [0.2, 0.25) is 0 Å². The molecule has 0 saturated carbocycles. The molecule has 0 bridgehead atoms. The van der Waals surface area contributed by atoms with Gasteiger partial charge in [-0.2, -0.15) is 5.10 Å². The zero-order chi connectivity index (χ0) is 13.6. The third-order valence-corrected chi connectivity index (χ3v) is 4.37. The predicted molar refractivity (Wildman–Crippen MR) is 78.9 cm³/mol. The van der Waals surface area contributed by atoms with Crippen molar-refractivity contribution in [1.29, 1.82) is 0 Å². The summed E-state index contributed by atoms with van der Waals surface area (Å²) in [6, 6.07) is 4.38. The van der Waals surface area contributed by atoms with Crippen LogP contribution in [0.4, 0.5) is 5.69 Å². The van der Waals surface area contributed by atoms with Gasteiger partial charge in [0.15, 0.2) is 0 Å². The molecule has 1 aliphatic rings. The summed E-state index contributed by atoms with van der Waals surface area (Å²) in [7, 11) is 2.21. The van der Waals surface area contributed by atoms with E-state index in [0.717, 1.165) is 19.6 Å². The van der Waals surface area contributed by atoms with E-state index in [2.05, 4.69) is 61.0 Å². The van der Waals surface area contributed by atoms with Crippen LogP contribution in [0, 0.1) is 6.92 Å². The zero-order valence-electron chi connectivity index (χ0n) is 12.2. The minimum atomic E-state index is 0.216. The minimum Gasteiger partial charge on any atom is -0.367 e. The molecule has 0 aromatic carbocycles. The lowest BCUT2D eigenvalue weighted by molar-refractivity contribution is 0.139. The van der Waals surface area contributed by atoms with Gasteiger partial charge in [0.05, 0.1) is 23.6 Å². The highest BCUT2D eigenvalue weighted by Gasteiger charge is 2.31. The molecule has 4 heteroatoms. The fraction of sp³-hybridized carbons (Fsp3) is 0.533. The van der Waals surface area contributed by atoms with Gasteiger partial charge in [0.1, 0.15) is 0 Å². The highest BCUT2D eigenvalue weighted by atomic mass is 15.3. The summed E-state index contributed by atoms with van der Waals surface area (Å²) in [4.78, 5) is 4.89. The molecule has 0 amide bonds. The fourth-order valence-electron chi connectivity index (χ4n) is 2.75. The van der Waals surface area contributed by atoms with E-state index in [9.17, 15) is 0 Å². The van der Waals surface area contributed by atoms with E-state index in [1.807, 2.05) is 10.7 Å². The maximum atomic E-state index is 4.40. The first-order valence-electron chi connectivity index (χ1n) is 6.87. The Bertz CT molecular complexity index is 599. The second kappa shape index (κ2) is 4.23. The Kier molecular flexibility index (Phi) is 2.78. The minimum absolute atomic E-state index is 0.216. The van der Waals surface area contributed by atoms with Gasteiger partial charge in [-0.15, -0.1) is 0 Å². The van der Waals surface area contributed by atoms with Crippen molar-refractivity contribution in [2.45, 2.75) is 26.3 Å². The fourth-order valence-corrected chi connectivity index (χ4v) is 2.75. The predicted octanol–water partition coefficient (Wildman–Crippen LogP) is 2.17. The molecule has 2 aromatic rings. The standard InChI is InChI=1S/C15H22N4/c1-12-9-16-19-10-13(5-6-14(12)19)18-8-7-17(4)15(2,3)11-18/h5-6,9-10H,7-8,11H2,1-4H3. The SMILES string of the molecule is Cc1cnn2cc(N3CCN(C)C(C)(C)C3)ccc12. The van der Waals surface area contributed by atoms with Crippen LogP contribution in [0.5, 0.6) is 0 Å². The first kappa shape index (κ1) is 12.5. The van der Waals surface area contributed by atoms with Gasteiger partial charge in [-0.3, -0.25) is 4.90 Å². The van der Waals surface area contributed by atoms with Crippen molar-refractivity contribution >= 4 is 11.2 Å². The van der Waals surface area contributed by atoms with Crippen LogP contribution in [-0.2, 0) is 0 Å². The zero-order valence-corrected chi connectivity index (χ0v) is 12.2. The van der Waals surface area contributed by atoms with E-state index in [0.29, 0.717) is 0 Å². The van der Waals surface area contributed by atoms with Crippen LogP contribution in [0.25, 0.3) is 5.52 Å². The summed E-state index contributed by atoms with van der Waals surface area (Å²) in [5.41, 5.74) is 3.90. The summed E-state index contributed by atoms with van der Waals surface area (Å²) in [5, 5.41) is 4.40. The Balaban J connectivity index is 1.92. The highest BCUT2D eigenvalue weighted by Crippen LogP contribution is 2.25. The first-order chi connectivity index (χ1) is 8.97. The van der Waals surface area contributed by atoms with E-state index >= 15 is 0 Å². The third-order valence-electron chi connectivity index (χ3n) is 4.37. The molecule has 1 saturated heterocycles. The van der Waals surface area contributed by atoms with Gasteiger partial charge in [-0.25, -0.2) is 4.52 Å². The molecule has 0 unspecified atom stereocenters. The number of aromatic nitrogens is 2. The number of fused-ring (bicyclic) bond motifs is 1. The van der Waals surface area contributed by atoms with Gasteiger partial charge in [-0.1, -0.05) is 0 Å². The molecule has 3 rings (SSSR count). The number of anilines is 1. The normalized spacial score (nSPS) is 20.1. The average Bonchev–Trinajstić information content (AvgIpc) is 2.74. The van der Waals surface area contributed by atoms with Gasteiger partial charge in [0.25, 0.3) is 0 Å². The van der Waals surface area contributed by atoms with Crippen molar-refractivity contribution < 1.29 is 0 Å². The quantitative estimate of drug-likeness (QED) is 0.783. The van der Waals surface area contributed by atoms with Gasteiger partial charge in [0.2, 0.25) is 0 Å². The van der Waals surface area contributed by atoms with E-state index in [1.165, 1.54) is 16.8 Å². The number of nitrogens with zero attached hydrogens (tertiary/aromatic N) is 4. The summed E-state index contributed by atoms with van der Waals surface area (Å²) in [6.45, 7) is 9.93. The molecular weight excluding hydrogens is 236 g/mol. The molecule has 3 heterocycles. The molecule has 0 N–H and O–H groups in total. The molecule has 0 spiro atoms. The largest absolute Gasteiger partial charge is 0.367 e. The molecule has 4 nitrogen and oxygen atoms in total. The molecule has 2 aromatic heterocycles. The molecule has 1 aliphatic heterocycles. The summed E-state index contributed by atoms with van der Waals surface area (Å²) in [6.07, 6.45) is 4.07. The molecule has 0 aliphatic carbocycles. The molecule has 0 radical (unpaired) electrons. The second-order valence-electron chi connectivity index (χ2n) is 6.20. The smallest absolute Gasteiger partial charge is 0.0692 e. The Labute approximate surface area is 114 Å². The van der Waals surface area contributed by atoms with Crippen molar-refractivity contribution in [3.63, 3.8) is 0 Å². The lowest BCUT2D eigenvalue weighted by Gasteiger charge is -2.46. The Morgan fingerprint density at radius 3 is 2.74 bits per heavy atom. The maximum absolute atomic E-state index is 4.40. The molecule has 19 heavy (non-hydrogen) atoms. The van der Waals surface area contributed by atoms with Crippen molar-refractivity contribution in [3.05, 3.63) is 30.1 Å². The average molecular weight is 258 g/mol. The van der Waals surface area contributed by atoms with Gasteiger partial charge < -0.3 is 4.90 Å². The Hall–Kier alpha value is -1.55. The van der Waals surface area contributed by atoms with Crippen molar-refractivity contribution in [2.24, 2.45) is 0 Å². The van der Waals surface area contributed by atoms with Gasteiger partial charge >= 0.3 is 0 Å². The van der Waals surface area contributed by atoms with Crippen LogP contribution in [0.1, 0.15) is 19.4 Å². The number of hydrogen-bond acceptors (Lipinski definition) is 3. The number of hydrogen-bond donors (Lipinski definition) is 0. The van der Waals surface area contributed by atoms with Crippen molar-refractivity contribution in [3.8, 4) is 0 Å². The lowest BCUT2D eigenvalue weighted by Crippen LogP contribution is -2.57. The summed E-state index contributed by atoms with van der Waals surface area (Å²) < 4.78 is 1.98. The summed E-state index contributed by atoms with van der Waals surface area (Å²) >= 11 is 0. The molecule has 0 atom stereocenters. The van der Waals surface area contributed by atoms with Gasteiger partial charge in [0, 0.05) is 25.2 Å². The number of likely N-dealkylation sites (N-methyl/N-ethyl adjacent to an activating group) is 1. The highest BCUT2D eigenvalue weighted by molar-refractivity contribution is 5.59. The van der Waals surface area contributed by atoms with E-state index in [-0.39, 0.29) is 5.54 Å². The first-order valence-corrected chi connectivity index (χ1v) is 6.87. The van der Waals surface area contributed by atoms with Crippen LogP contribution in [-0.4, -0.2) is 46.7 Å². The second-order valence-corrected chi connectivity index (χ2v) is 6.20. The van der Waals surface area contributed by atoms with E-state index in [1.54, 1.807) is 0 Å². The Morgan fingerprint density at radius 2 is 2.00 bits per heavy atom. The van der Waals surface area contributed by atoms with Crippen LogP contribution >= 0.6 is 0 Å². The molecule has 1 fully saturated rings. The number of pyridine rings is 1. The Morgan fingerprint density at radius 1 is 1.21 bits per heavy atom. The third kappa shape index (κ3) is 2.10.